The first-order valence-corrected chi connectivity index (χ1v) is 6.50. The van der Waals surface area contributed by atoms with E-state index in [1.807, 2.05) is 6.07 Å². The van der Waals surface area contributed by atoms with Crippen LogP contribution in [0.2, 0.25) is 0 Å². The molecule has 0 fully saturated rings. The molecule has 0 bridgehead atoms. The fourth-order valence-electron chi connectivity index (χ4n) is 2.14. The molecule has 0 aliphatic carbocycles. The van der Waals surface area contributed by atoms with Gasteiger partial charge >= 0.3 is 0 Å². The Balaban J connectivity index is 2.31. The predicted molar refractivity (Wildman–Crippen MR) is 72.0 cm³/mol. The van der Waals surface area contributed by atoms with Crippen molar-refractivity contribution in [1.82, 2.24) is 20.4 Å². The van der Waals surface area contributed by atoms with Gasteiger partial charge in [0.15, 0.2) is 0 Å². The van der Waals surface area contributed by atoms with E-state index in [-0.39, 0.29) is 0 Å². The predicted octanol–water partition coefficient (Wildman–Crippen LogP) is 2.18. The van der Waals surface area contributed by atoms with Gasteiger partial charge in [-0.25, -0.2) is 0 Å². The van der Waals surface area contributed by atoms with Gasteiger partial charge < -0.3 is 5.32 Å². The maximum atomic E-state index is 3.97. The second-order valence-electron chi connectivity index (χ2n) is 5.11. The van der Waals surface area contributed by atoms with Gasteiger partial charge in [0, 0.05) is 37.4 Å². The van der Waals surface area contributed by atoms with Crippen molar-refractivity contribution in [3.05, 3.63) is 18.0 Å². The van der Waals surface area contributed by atoms with Crippen LogP contribution in [0.5, 0.6) is 0 Å². The first-order chi connectivity index (χ1) is 8.02. The van der Waals surface area contributed by atoms with Gasteiger partial charge in [-0.05, 0) is 40.7 Å². The Morgan fingerprint density at radius 3 is 2.35 bits per heavy atom. The van der Waals surface area contributed by atoms with E-state index in [2.05, 4.69) is 55.0 Å². The van der Waals surface area contributed by atoms with E-state index in [1.165, 1.54) is 0 Å². The average Bonchev–Trinajstić information content (AvgIpc) is 2.76. The summed E-state index contributed by atoms with van der Waals surface area (Å²) in [5, 5.41) is 10.5. The number of nitrogens with one attached hydrogen (secondary N) is 2. The molecule has 0 aliphatic heterocycles. The molecule has 0 saturated heterocycles. The Bertz CT molecular complexity index is 284. The van der Waals surface area contributed by atoms with Crippen molar-refractivity contribution in [2.75, 3.05) is 13.1 Å². The van der Waals surface area contributed by atoms with E-state index in [0.717, 1.165) is 18.8 Å². The van der Waals surface area contributed by atoms with Gasteiger partial charge in [-0.3, -0.25) is 10.00 Å². The molecule has 4 nitrogen and oxygen atoms in total. The first-order valence-electron chi connectivity index (χ1n) is 6.50. The number of H-pyrrole nitrogens is 1. The molecule has 17 heavy (non-hydrogen) atoms. The minimum atomic E-state index is 0.332. The Hall–Kier alpha value is -0.870. The molecular weight excluding hydrogens is 212 g/mol. The molecule has 0 spiro atoms. The maximum absolute atomic E-state index is 3.97. The minimum absolute atomic E-state index is 0.332. The van der Waals surface area contributed by atoms with Crippen LogP contribution in [0.3, 0.4) is 0 Å². The molecule has 1 heterocycles. The van der Waals surface area contributed by atoms with Crippen molar-refractivity contribution in [3.8, 4) is 0 Å². The van der Waals surface area contributed by atoms with Crippen molar-refractivity contribution >= 4 is 0 Å². The van der Waals surface area contributed by atoms with Crippen molar-refractivity contribution in [2.45, 2.75) is 52.7 Å². The van der Waals surface area contributed by atoms with Crippen molar-refractivity contribution in [3.63, 3.8) is 0 Å². The molecule has 2 N–H and O–H groups in total. The van der Waals surface area contributed by atoms with Crippen LogP contribution in [0.15, 0.2) is 12.3 Å². The third-order valence-electron chi connectivity index (χ3n) is 3.14. The lowest BCUT2D eigenvalue weighted by Crippen LogP contribution is -2.41. The molecule has 1 atom stereocenters. The van der Waals surface area contributed by atoms with E-state index in [4.69, 9.17) is 0 Å². The number of aromatic nitrogens is 2. The minimum Gasteiger partial charge on any atom is -0.308 e. The summed E-state index contributed by atoms with van der Waals surface area (Å²) < 4.78 is 0. The summed E-state index contributed by atoms with van der Waals surface area (Å²) in [5.41, 5.74) is 1.14. The van der Waals surface area contributed by atoms with Crippen LogP contribution in [0.1, 0.15) is 46.4 Å². The van der Waals surface area contributed by atoms with Crippen LogP contribution in [-0.2, 0) is 0 Å². The Labute approximate surface area is 105 Å². The van der Waals surface area contributed by atoms with Crippen molar-refractivity contribution in [2.24, 2.45) is 0 Å². The van der Waals surface area contributed by atoms with Gasteiger partial charge in [0.25, 0.3) is 0 Å². The molecule has 1 aromatic heterocycles. The lowest BCUT2D eigenvalue weighted by Gasteiger charge is -2.31. The molecule has 0 amide bonds. The van der Waals surface area contributed by atoms with Crippen LogP contribution in [0.25, 0.3) is 0 Å². The highest BCUT2D eigenvalue weighted by Crippen LogP contribution is 2.08. The molecule has 1 rings (SSSR count). The third-order valence-corrected chi connectivity index (χ3v) is 3.14. The number of hydrogen-bond donors (Lipinski definition) is 2. The molecule has 98 valence electrons. The molecule has 4 heteroatoms. The Morgan fingerprint density at radius 2 is 1.88 bits per heavy atom. The highest BCUT2D eigenvalue weighted by atomic mass is 15.2. The highest BCUT2D eigenvalue weighted by molar-refractivity contribution is 5.02. The molecule has 0 aromatic carbocycles. The Morgan fingerprint density at radius 1 is 1.24 bits per heavy atom. The van der Waals surface area contributed by atoms with E-state index < -0.39 is 0 Å². The SMILES string of the molecule is CC(NCCN(C(C)C)C(C)C)c1ccn[nH]1. The molecular formula is C13H26N4. The first kappa shape index (κ1) is 14.2. The summed E-state index contributed by atoms with van der Waals surface area (Å²) in [7, 11) is 0. The fraction of sp³-hybridized carbons (Fsp3) is 0.769. The van der Waals surface area contributed by atoms with Gasteiger partial charge in [-0.15, -0.1) is 0 Å². The van der Waals surface area contributed by atoms with Crippen LogP contribution in [0, 0.1) is 0 Å². The van der Waals surface area contributed by atoms with Gasteiger partial charge in [0.2, 0.25) is 0 Å². The van der Waals surface area contributed by atoms with E-state index in [9.17, 15) is 0 Å². The second-order valence-corrected chi connectivity index (χ2v) is 5.11. The van der Waals surface area contributed by atoms with Crippen molar-refractivity contribution in [1.29, 1.82) is 0 Å². The van der Waals surface area contributed by atoms with Crippen LogP contribution in [0.4, 0.5) is 0 Å². The summed E-state index contributed by atoms with van der Waals surface area (Å²) in [4.78, 5) is 2.49. The second kappa shape index (κ2) is 6.77. The zero-order valence-corrected chi connectivity index (χ0v) is 11.7. The molecule has 0 radical (unpaired) electrons. The summed E-state index contributed by atoms with van der Waals surface area (Å²) in [6, 6.07) is 3.54. The standard InChI is InChI=1S/C13H26N4/c1-10(2)17(11(3)4)9-8-14-12(5)13-6-7-15-16-13/h6-7,10-12,14H,8-9H2,1-5H3,(H,15,16). The Kier molecular flexibility index (Phi) is 5.65. The van der Waals surface area contributed by atoms with E-state index in [0.29, 0.717) is 18.1 Å². The van der Waals surface area contributed by atoms with Gasteiger partial charge in [-0.2, -0.15) is 5.10 Å². The lowest BCUT2D eigenvalue weighted by molar-refractivity contribution is 0.174. The summed E-state index contributed by atoms with van der Waals surface area (Å²) >= 11 is 0. The van der Waals surface area contributed by atoms with Gasteiger partial charge in [0.1, 0.15) is 0 Å². The average molecular weight is 238 g/mol. The largest absolute Gasteiger partial charge is 0.308 e. The zero-order chi connectivity index (χ0) is 12.8. The van der Waals surface area contributed by atoms with Crippen LogP contribution >= 0.6 is 0 Å². The number of nitrogens with zero attached hydrogens (tertiary/aromatic N) is 2. The van der Waals surface area contributed by atoms with E-state index >= 15 is 0 Å². The lowest BCUT2D eigenvalue weighted by atomic mass is 10.2. The smallest absolute Gasteiger partial charge is 0.0518 e. The number of aromatic amines is 1. The number of rotatable bonds is 7. The summed E-state index contributed by atoms with van der Waals surface area (Å²) in [6.07, 6.45) is 1.79. The third kappa shape index (κ3) is 4.48. The van der Waals surface area contributed by atoms with E-state index in [1.54, 1.807) is 6.20 Å². The summed E-state index contributed by atoms with van der Waals surface area (Å²) in [6.45, 7) is 13.2. The molecule has 0 saturated carbocycles. The fourth-order valence-corrected chi connectivity index (χ4v) is 2.14. The van der Waals surface area contributed by atoms with Crippen LogP contribution in [-0.4, -0.2) is 40.3 Å². The molecule has 1 aromatic rings. The number of hydrogen-bond acceptors (Lipinski definition) is 3. The summed E-state index contributed by atoms with van der Waals surface area (Å²) in [5.74, 6) is 0. The maximum Gasteiger partial charge on any atom is 0.0518 e. The topological polar surface area (TPSA) is 44.0 Å². The van der Waals surface area contributed by atoms with Gasteiger partial charge in [-0.1, -0.05) is 0 Å². The van der Waals surface area contributed by atoms with Crippen LogP contribution < -0.4 is 5.32 Å². The van der Waals surface area contributed by atoms with Gasteiger partial charge in [0.05, 0.1) is 5.69 Å². The molecule has 1 unspecified atom stereocenters. The zero-order valence-electron chi connectivity index (χ0n) is 11.7. The van der Waals surface area contributed by atoms with Crippen molar-refractivity contribution < 1.29 is 0 Å². The molecule has 0 aliphatic rings. The quantitative estimate of drug-likeness (QED) is 0.765. The normalized spacial score (nSPS) is 13.9. The highest BCUT2D eigenvalue weighted by Gasteiger charge is 2.13. The monoisotopic (exact) mass is 238 g/mol.